The zero-order valence-corrected chi connectivity index (χ0v) is 12.0. The van der Waals surface area contributed by atoms with Crippen molar-refractivity contribution in [2.45, 2.75) is 50.6 Å². The van der Waals surface area contributed by atoms with Gasteiger partial charge < -0.3 is 15.7 Å². The van der Waals surface area contributed by atoms with Crippen LogP contribution in [-0.4, -0.2) is 23.1 Å². The van der Waals surface area contributed by atoms with E-state index in [4.69, 9.17) is 5.11 Å². The van der Waals surface area contributed by atoms with E-state index < -0.39 is 12.0 Å². The van der Waals surface area contributed by atoms with Gasteiger partial charge in [-0.25, -0.2) is 4.79 Å². The molecule has 1 aliphatic rings. The van der Waals surface area contributed by atoms with Gasteiger partial charge in [-0.15, -0.1) is 0 Å². The fourth-order valence-corrected chi connectivity index (χ4v) is 2.74. The summed E-state index contributed by atoms with van der Waals surface area (Å²) >= 11 is 0. The van der Waals surface area contributed by atoms with Gasteiger partial charge in [0.1, 0.15) is 0 Å². The molecule has 1 aliphatic carbocycles. The van der Waals surface area contributed by atoms with Gasteiger partial charge >= 0.3 is 12.0 Å². The number of hydrogen-bond acceptors (Lipinski definition) is 2. The molecular weight excluding hydrogens is 268 g/mol. The molecule has 114 valence electrons. The fraction of sp³-hybridized carbons (Fsp3) is 0.500. The summed E-state index contributed by atoms with van der Waals surface area (Å²) in [5, 5.41) is 14.7. The number of carbonyl (C=O) groups excluding carboxylic acids is 1. The van der Waals surface area contributed by atoms with E-state index >= 15 is 0 Å². The summed E-state index contributed by atoms with van der Waals surface area (Å²) in [6.45, 7) is 0. The Labute approximate surface area is 124 Å². The predicted molar refractivity (Wildman–Crippen MR) is 80.0 cm³/mol. The van der Waals surface area contributed by atoms with E-state index in [-0.39, 0.29) is 18.5 Å². The minimum Gasteiger partial charge on any atom is -0.481 e. The molecule has 3 N–H and O–H groups in total. The molecule has 0 spiro atoms. The first kappa shape index (κ1) is 15.4. The van der Waals surface area contributed by atoms with E-state index in [0.29, 0.717) is 0 Å². The minimum absolute atomic E-state index is 0.123. The molecule has 1 atom stereocenters. The van der Waals surface area contributed by atoms with Crippen LogP contribution in [0.3, 0.4) is 0 Å². The third-order valence-corrected chi connectivity index (χ3v) is 3.83. The zero-order valence-electron chi connectivity index (χ0n) is 12.0. The minimum atomic E-state index is -0.929. The van der Waals surface area contributed by atoms with E-state index in [1.54, 1.807) is 0 Å². The summed E-state index contributed by atoms with van der Waals surface area (Å²) in [5.74, 6) is -0.929. The average molecular weight is 290 g/mol. The van der Waals surface area contributed by atoms with Crippen molar-refractivity contribution >= 4 is 12.0 Å². The van der Waals surface area contributed by atoms with Crippen molar-refractivity contribution in [1.82, 2.24) is 10.6 Å². The van der Waals surface area contributed by atoms with Gasteiger partial charge in [0.15, 0.2) is 0 Å². The van der Waals surface area contributed by atoms with Crippen LogP contribution in [0.4, 0.5) is 4.79 Å². The number of nitrogens with one attached hydrogen (secondary N) is 2. The number of urea groups is 1. The van der Waals surface area contributed by atoms with Crippen LogP contribution in [0.2, 0.25) is 0 Å². The Morgan fingerprint density at radius 3 is 2.43 bits per heavy atom. The van der Waals surface area contributed by atoms with E-state index in [9.17, 15) is 9.59 Å². The van der Waals surface area contributed by atoms with E-state index in [1.165, 1.54) is 6.42 Å². The normalized spacial score (nSPS) is 17.0. The molecule has 2 amide bonds. The second kappa shape index (κ2) is 7.67. The summed E-state index contributed by atoms with van der Waals surface area (Å²) in [7, 11) is 0. The van der Waals surface area contributed by atoms with Crippen molar-refractivity contribution in [3.05, 3.63) is 35.9 Å². The van der Waals surface area contributed by atoms with Gasteiger partial charge in [-0.3, -0.25) is 4.79 Å². The molecule has 5 heteroatoms. The first-order valence-corrected chi connectivity index (χ1v) is 7.49. The summed E-state index contributed by atoms with van der Waals surface area (Å²) < 4.78 is 0. The first-order valence-electron chi connectivity index (χ1n) is 7.49. The molecule has 5 nitrogen and oxygen atoms in total. The average Bonchev–Trinajstić information content (AvgIpc) is 2.48. The van der Waals surface area contributed by atoms with E-state index in [0.717, 1.165) is 31.2 Å². The maximum Gasteiger partial charge on any atom is 0.315 e. The smallest absolute Gasteiger partial charge is 0.315 e. The predicted octanol–water partition coefficient (Wildman–Crippen LogP) is 2.83. The lowest BCUT2D eigenvalue weighted by Gasteiger charge is -2.25. The summed E-state index contributed by atoms with van der Waals surface area (Å²) in [4.78, 5) is 23.0. The Morgan fingerprint density at radius 1 is 1.14 bits per heavy atom. The van der Waals surface area contributed by atoms with Crippen molar-refractivity contribution in [1.29, 1.82) is 0 Å². The van der Waals surface area contributed by atoms with Crippen LogP contribution >= 0.6 is 0 Å². The largest absolute Gasteiger partial charge is 0.481 e. The summed E-state index contributed by atoms with van der Waals surface area (Å²) in [6, 6.07) is 8.62. The molecule has 1 fully saturated rings. The lowest BCUT2D eigenvalue weighted by atomic mass is 9.96. The summed E-state index contributed by atoms with van der Waals surface area (Å²) in [5.41, 5.74) is 0.804. The lowest BCUT2D eigenvalue weighted by molar-refractivity contribution is -0.137. The number of carboxylic acid groups (broad SMARTS) is 1. The SMILES string of the molecule is O=C(O)CC(NC(=O)NC1CCCCC1)c1ccccc1. The van der Waals surface area contributed by atoms with Crippen molar-refractivity contribution in [3.8, 4) is 0 Å². The Morgan fingerprint density at radius 2 is 1.81 bits per heavy atom. The number of amides is 2. The molecule has 0 aliphatic heterocycles. The van der Waals surface area contributed by atoms with Gasteiger partial charge in [0, 0.05) is 6.04 Å². The van der Waals surface area contributed by atoms with E-state index in [1.807, 2.05) is 30.3 Å². The lowest BCUT2D eigenvalue weighted by Crippen LogP contribution is -2.44. The number of benzene rings is 1. The van der Waals surface area contributed by atoms with Crippen LogP contribution in [0.5, 0.6) is 0 Å². The molecule has 2 rings (SSSR count). The molecule has 0 heterocycles. The van der Waals surface area contributed by atoms with E-state index in [2.05, 4.69) is 10.6 Å². The second-order valence-corrected chi connectivity index (χ2v) is 5.51. The van der Waals surface area contributed by atoms with Crippen molar-refractivity contribution < 1.29 is 14.7 Å². The highest BCUT2D eigenvalue weighted by Gasteiger charge is 2.20. The van der Waals surface area contributed by atoms with Crippen LogP contribution in [-0.2, 0) is 4.79 Å². The highest BCUT2D eigenvalue weighted by Crippen LogP contribution is 2.19. The molecule has 0 aromatic heterocycles. The third kappa shape index (κ3) is 5.10. The highest BCUT2D eigenvalue weighted by atomic mass is 16.4. The Balaban J connectivity index is 1.94. The zero-order chi connectivity index (χ0) is 15.1. The van der Waals surface area contributed by atoms with Gasteiger partial charge in [-0.05, 0) is 18.4 Å². The van der Waals surface area contributed by atoms with Crippen molar-refractivity contribution in [3.63, 3.8) is 0 Å². The Bertz CT molecular complexity index is 470. The summed E-state index contributed by atoms with van der Waals surface area (Å²) in [6.07, 6.45) is 5.39. The number of aliphatic carboxylic acids is 1. The fourth-order valence-electron chi connectivity index (χ4n) is 2.74. The standard InChI is InChI=1S/C16H22N2O3/c19-15(20)11-14(12-7-3-1-4-8-12)18-16(21)17-13-9-5-2-6-10-13/h1,3-4,7-8,13-14H,2,5-6,9-11H2,(H,19,20)(H2,17,18,21). The van der Waals surface area contributed by atoms with Crippen LogP contribution < -0.4 is 10.6 Å². The molecule has 0 saturated heterocycles. The Kier molecular flexibility index (Phi) is 5.60. The molecule has 1 saturated carbocycles. The maximum absolute atomic E-state index is 12.1. The van der Waals surface area contributed by atoms with Crippen molar-refractivity contribution in [2.75, 3.05) is 0 Å². The van der Waals surface area contributed by atoms with Crippen molar-refractivity contribution in [2.24, 2.45) is 0 Å². The second-order valence-electron chi connectivity index (χ2n) is 5.51. The van der Waals surface area contributed by atoms with Gasteiger partial charge in [-0.1, -0.05) is 49.6 Å². The number of rotatable bonds is 5. The highest BCUT2D eigenvalue weighted by molar-refractivity contribution is 5.76. The number of carbonyl (C=O) groups is 2. The van der Waals surface area contributed by atoms with Crippen LogP contribution in [0.1, 0.15) is 50.1 Å². The number of hydrogen-bond donors (Lipinski definition) is 3. The molecule has 0 bridgehead atoms. The van der Waals surface area contributed by atoms with Crippen LogP contribution in [0.15, 0.2) is 30.3 Å². The molecule has 1 aromatic carbocycles. The topological polar surface area (TPSA) is 78.4 Å². The molecule has 1 unspecified atom stereocenters. The van der Waals surface area contributed by atoms with Crippen LogP contribution in [0, 0.1) is 0 Å². The number of carboxylic acids is 1. The maximum atomic E-state index is 12.1. The monoisotopic (exact) mass is 290 g/mol. The third-order valence-electron chi connectivity index (χ3n) is 3.83. The van der Waals surface area contributed by atoms with Gasteiger partial charge in [0.2, 0.25) is 0 Å². The van der Waals surface area contributed by atoms with Gasteiger partial charge in [0.25, 0.3) is 0 Å². The van der Waals surface area contributed by atoms with Gasteiger partial charge in [0.05, 0.1) is 12.5 Å². The van der Waals surface area contributed by atoms with Gasteiger partial charge in [-0.2, -0.15) is 0 Å². The molecule has 1 aromatic rings. The molecule has 0 radical (unpaired) electrons. The quantitative estimate of drug-likeness (QED) is 0.780. The Hall–Kier alpha value is -2.04. The van der Waals surface area contributed by atoms with Crippen LogP contribution in [0.25, 0.3) is 0 Å². The molecular formula is C16H22N2O3. The first-order chi connectivity index (χ1) is 10.1. The molecule has 21 heavy (non-hydrogen) atoms.